The van der Waals surface area contributed by atoms with Crippen LogP contribution in [-0.2, 0) is 11.3 Å². The number of aromatic nitrogens is 1. The third-order valence-electron chi connectivity index (χ3n) is 1.92. The molecule has 1 heterocycles. The van der Waals surface area contributed by atoms with Crippen molar-refractivity contribution in [2.75, 3.05) is 7.11 Å². The summed E-state index contributed by atoms with van der Waals surface area (Å²) in [5, 5.41) is 9.24. The lowest BCUT2D eigenvalue weighted by Crippen LogP contribution is -2.12. The number of hydrogen-bond donors (Lipinski definition) is 2. The maximum atomic E-state index is 12.4. The van der Waals surface area contributed by atoms with Crippen molar-refractivity contribution in [1.82, 2.24) is 4.98 Å². The second-order valence-corrected chi connectivity index (χ2v) is 2.88. The Kier molecular flexibility index (Phi) is 3.73. The summed E-state index contributed by atoms with van der Waals surface area (Å²) < 4.78 is 29.2. The van der Waals surface area contributed by atoms with E-state index >= 15 is 0 Å². The van der Waals surface area contributed by atoms with E-state index < -0.39 is 23.8 Å². The molecule has 0 aliphatic carbocycles. The first-order chi connectivity index (χ1) is 7.51. The van der Waals surface area contributed by atoms with Gasteiger partial charge >= 0.3 is 5.97 Å². The zero-order valence-electron chi connectivity index (χ0n) is 8.41. The Labute approximate surface area is 89.9 Å². The summed E-state index contributed by atoms with van der Waals surface area (Å²) in [4.78, 5) is 14.6. The minimum Gasteiger partial charge on any atom is -0.506 e. The molecule has 16 heavy (non-hydrogen) atoms. The molecule has 1 rings (SSSR count). The molecule has 0 unspecified atom stereocenters. The van der Waals surface area contributed by atoms with E-state index in [4.69, 9.17) is 5.73 Å². The maximum Gasteiger partial charge on any atom is 0.339 e. The molecule has 0 atom stereocenters. The standard InChI is InChI=1S/C9H10F2N2O3/c1-16-9(15)4-2-6(14)7(8(10)11)13-5(4)3-12/h2,8,14H,3,12H2,1H3. The van der Waals surface area contributed by atoms with E-state index in [2.05, 4.69) is 9.72 Å². The number of pyridine rings is 1. The Hall–Kier alpha value is -1.76. The highest BCUT2D eigenvalue weighted by Crippen LogP contribution is 2.28. The zero-order valence-corrected chi connectivity index (χ0v) is 8.41. The highest BCUT2D eigenvalue weighted by molar-refractivity contribution is 5.91. The van der Waals surface area contributed by atoms with Gasteiger partial charge in [-0.25, -0.2) is 18.6 Å². The van der Waals surface area contributed by atoms with Crippen LogP contribution in [0.25, 0.3) is 0 Å². The zero-order chi connectivity index (χ0) is 12.3. The van der Waals surface area contributed by atoms with Crippen LogP contribution in [0.2, 0.25) is 0 Å². The van der Waals surface area contributed by atoms with Gasteiger partial charge in [0.05, 0.1) is 18.4 Å². The molecule has 0 spiro atoms. The van der Waals surface area contributed by atoms with Gasteiger partial charge in [-0.1, -0.05) is 0 Å². The second-order valence-electron chi connectivity index (χ2n) is 2.88. The summed E-state index contributed by atoms with van der Waals surface area (Å²) in [6, 6.07) is 0.877. The van der Waals surface area contributed by atoms with Crippen LogP contribution in [0.4, 0.5) is 8.78 Å². The first-order valence-electron chi connectivity index (χ1n) is 4.30. The molecular formula is C9H10F2N2O3. The van der Waals surface area contributed by atoms with Gasteiger partial charge in [0.15, 0.2) is 0 Å². The predicted octanol–water partition coefficient (Wildman–Crippen LogP) is 0.970. The number of hydrogen-bond acceptors (Lipinski definition) is 5. The Morgan fingerprint density at radius 2 is 2.31 bits per heavy atom. The molecule has 3 N–H and O–H groups in total. The number of aromatic hydroxyl groups is 1. The number of halogens is 2. The van der Waals surface area contributed by atoms with E-state index in [1.54, 1.807) is 0 Å². The topological polar surface area (TPSA) is 85.4 Å². The Morgan fingerprint density at radius 1 is 1.69 bits per heavy atom. The van der Waals surface area contributed by atoms with E-state index in [1.165, 1.54) is 0 Å². The third-order valence-corrected chi connectivity index (χ3v) is 1.92. The Balaban J connectivity index is 3.32. The molecule has 0 saturated heterocycles. The lowest BCUT2D eigenvalue weighted by atomic mass is 10.1. The van der Waals surface area contributed by atoms with Gasteiger partial charge in [-0.2, -0.15) is 0 Å². The Morgan fingerprint density at radius 3 is 2.75 bits per heavy atom. The number of esters is 1. The van der Waals surface area contributed by atoms with Gasteiger partial charge in [-0.3, -0.25) is 0 Å². The van der Waals surface area contributed by atoms with Crippen LogP contribution in [0.3, 0.4) is 0 Å². The van der Waals surface area contributed by atoms with E-state index in [0.717, 1.165) is 13.2 Å². The fourth-order valence-corrected chi connectivity index (χ4v) is 1.16. The van der Waals surface area contributed by atoms with Crippen LogP contribution in [-0.4, -0.2) is 23.2 Å². The molecule has 0 aliphatic rings. The minimum absolute atomic E-state index is 0.0417. The number of methoxy groups -OCH3 is 1. The average Bonchev–Trinajstić information content (AvgIpc) is 2.27. The average molecular weight is 232 g/mol. The normalized spacial score (nSPS) is 10.6. The first kappa shape index (κ1) is 12.3. The summed E-state index contributed by atoms with van der Waals surface area (Å²) in [7, 11) is 1.13. The van der Waals surface area contributed by atoms with Crippen molar-refractivity contribution < 1.29 is 23.4 Å². The van der Waals surface area contributed by atoms with Gasteiger partial charge in [-0.05, 0) is 6.07 Å². The van der Waals surface area contributed by atoms with Crippen LogP contribution in [0, 0.1) is 0 Å². The van der Waals surface area contributed by atoms with E-state index in [-0.39, 0.29) is 17.8 Å². The first-order valence-corrected chi connectivity index (χ1v) is 4.30. The van der Waals surface area contributed by atoms with Crippen molar-refractivity contribution in [2.45, 2.75) is 13.0 Å². The van der Waals surface area contributed by atoms with Gasteiger partial charge in [0.2, 0.25) is 0 Å². The number of ether oxygens (including phenoxy) is 1. The Bertz CT molecular complexity index is 410. The van der Waals surface area contributed by atoms with E-state index in [0.29, 0.717) is 0 Å². The van der Waals surface area contributed by atoms with Crippen molar-refractivity contribution in [3.63, 3.8) is 0 Å². The fourth-order valence-electron chi connectivity index (χ4n) is 1.16. The monoisotopic (exact) mass is 232 g/mol. The molecule has 0 bridgehead atoms. The van der Waals surface area contributed by atoms with Gasteiger partial charge in [0.25, 0.3) is 6.43 Å². The van der Waals surface area contributed by atoms with E-state index in [9.17, 15) is 18.7 Å². The number of rotatable bonds is 3. The van der Waals surface area contributed by atoms with Gasteiger partial charge in [-0.15, -0.1) is 0 Å². The number of nitrogens with zero attached hydrogens (tertiary/aromatic N) is 1. The molecule has 5 nitrogen and oxygen atoms in total. The predicted molar refractivity (Wildman–Crippen MR) is 50.1 cm³/mol. The highest BCUT2D eigenvalue weighted by atomic mass is 19.3. The molecule has 1 aromatic rings. The molecule has 0 fully saturated rings. The smallest absolute Gasteiger partial charge is 0.339 e. The van der Waals surface area contributed by atoms with Crippen LogP contribution < -0.4 is 5.73 Å². The fraction of sp³-hybridized carbons (Fsp3) is 0.333. The SMILES string of the molecule is COC(=O)c1cc(O)c(C(F)F)nc1CN. The summed E-state index contributed by atoms with van der Waals surface area (Å²) in [5.74, 6) is -1.54. The molecule has 0 amide bonds. The van der Waals surface area contributed by atoms with Crippen molar-refractivity contribution in [3.05, 3.63) is 23.0 Å². The van der Waals surface area contributed by atoms with Gasteiger partial charge < -0.3 is 15.6 Å². The molecule has 0 saturated carbocycles. The van der Waals surface area contributed by atoms with Crippen LogP contribution in [0.5, 0.6) is 5.75 Å². The summed E-state index contributed by atoms with van der Waals surface area (Å²) in [6.07, 6.45) is -2.93. The molecular weight excluding hydrogens is 222 g/mol. The maximum absolute atomic E-state index is 12.4. The number of nitrogens with two attached hydrogens (primary N) is 1. The number of carbonyl (C=O) groups is 1. The molecule has 7 heteroatoms. The van der Waals surface area contributed by atoms with Crippen LogP contribution in [0.15, 0.2) is 6.07 Å². The number of carbonyl (C=O) groups excluding carboxylic acids is 1. The minimum atomic E-state index is -2.93. The summed E-state index contributed by atoms with van der Waals surface area (Å²) >= 11 is 0. The summed E-state index contributed by atoms with van der Waals surface area (Å²) in [5.41, 5.74) is 4.31. The molecule has 0 radical (unpaired) electrons. The molecule has 0 aliphatic heterocycles. The highest BCUT2D eigenvalue weighted by Gasteiger charge is 2.21. The van der Waals surface area contributed by atoms with E-state index in [1.807, 2.05) is 0 Å². The molecule has 88 valence electrons. The quantitative estimate of drug-likeness (QED) is 0.758. The number of alkyl halides is 2. The van der Waals surface area contributed by atoms with Gasteiger partial charge in [0.1, 0.15) is 11.4 Å². The van der Waals surface area contributed by atoms with Crippen molar-refractivity contribution in [1.29, 1.82) is 0 Å². The van der Waals surface area contributed by atoms with Crippen LogP contribution >= 0.6 is 0 Å². The van der Waals surface area contributed by atoms with Crippen molar-refractivity contribution in [2.24, 2.45) is 5.73 Å². The van der Waals surface area contributed by atoms with Crippen molar-refractivity contribution in [3.8, 4) is 5.75 Å². The van der Waals surface area contributed by atoms with Crippen LogP contribution in [0.1, 0.15) is 28.2 Å². The van der Waals surface area contributed by atoms with Crippen molar-refractivity contribution >= 4 is 5.97 Å². The van der Waals surface area contributed by atoms with Gasteiger partial charge in [0, 0.05) is 6.54 Å². The molecule has 0 aromatic carbocycles. The summed E-state index contributed by atoms with van der Waals surface area (Å²) in [6.45, 7) is -0.204. The molecule has 1 aromatic heterocycles. The lowest BCUT2D eigenvalue weighted by molar-refractivity contribution is 0.0597. The second kappa shape index (κ2) is 4.84. The largest absolute Gasteiger partial charge is 0.506 e. The lowest BCUT2D eigenvalue weighted by Gasteiger charge is -2.09. The third kappa shape index (κ3) is 2.25.